The molecule has 13 nitrogen and oxygen atoms in total. The molecule has 5 heterocycles. The molecule has 254 valence electrons. The number of likely N-dealkylation sites (N-methyl/N-ethyl adjacent to an activating group) is 1. The normalized spacial score (nSPS) is 23.8. The summed E-state index contributed by atoms with van der Waals surface area (Å²) >= 11 is 0. The van der Waals surface area contributed by atoms with E-state index in [0.29, 0.717) is 42.6 Å². The van der Waals surface area contributed by atoms with E-state index in [4.69, 9.17) is 33.9 Å². The Bertz CT molecular complexity index is 1640. The number of anilines is 2. The van der Waals surface area contributed by atoms with Crippen LogP contribution in [0.2, 0.25) is 0 Å². The lowest BCUT2D eigenvalue weighted by molar-refractivity contribution is -0.197. The molecule has 2 aromatic carbocycles. The molecule has 1 amide bonds. The van der Waals surface area contributed by atoms with Crippen molar-refractivity contribution in [2.45, 2.75) is 57.0 Å². The van der Waals surface area contributed by atoms with E-state index >= 15 is 0 Å². The number of fused-ring (bicyclic) bond motifs is 2. The minimum atomic E-state index is -0.879. The van der Waals surface area contributed by atoms with Gasteiger partial charge in [0.1, 0.15) is 12.2 Å². The molecule has 3 fully saturated rings. The largest absolute Gasteiger partial charge is 0.379 e. The van der Waals surface area contributed by atoms with Gasteiger partial charge in [-0.05, 0) is 31.9 Å². The Hall–Kier alpha value is -4.14. The van der Waals surface area contributed by atoms with Crippen LogP contribution in [-0.2, 0) is 23.7 Å². The van der Waals surface area contributed by atoms with Crippen molar-refractivity contribution in [2.75, 3.05) is 63.1 Å². The number of benzene rings is 2. The van der Waals surface area contributed by atoms with Gasteiger partial charge in [0, 0.05) is 45.2 Å². The Labute approximate surface area is 280 Å². The van der Waals surface area contributed by atoms with E-state index in [9.17, 15) is 4.79 Å². The molecule has 0 aliphatic carbocycles. The molecule has 3 N–H and O–H groups in total. The standard InChI is InChI=1S/C35H44N8O5/c1-4-36-32(44)28-27-29(48-35(2,3)47-27)33(46-28)43-22-39-26-30(40-34(41-31(26)43)37-15-16-42-17-19-45-20-18-42)38-21-25(23-11-7-5-8-12-23)24-13-9-6-10-14-24/h5-14,22,25,27-29,33H,4,15-21H2,1-3H3,(H,36,44)(H2,37,38,40,41)/t27-,28+,29-,33-/m1/s1. The van der Waals surface area contributed by atoms with Gasteiger partial charge in [-0.1, -0.05) is 60.7 Å². The number of aromatic nitrogens is 4. The number of hydrogen-bond acceptors (Lipinski definition) is 11. The lowest BCUT2D eigenvalue weighted by atomic mass is 9.91. The summed E-state index contributed by atoms with van der Waals surface area (Å²) in [4.78, 5) is 30.1. The van der Waals surface area contributed by atoms with E-state index in [-0.39, 0.29) is 11.8 Å². The summed E-state index contributed by atoms with van der Waals surface area (Å²) in [6.07, 6.45) is -0.988. The highest BCUT2D eigenvalue weighted by atomic mass is 16.8. The highest BCUT2D eigenvalue weighted by Gasteiger charge is 2.58. The zero-order valence-corrected chi connectivity index (χ0v) is 27.7. The van der Waals surface area contributed by atoms with Gasteiger partial charge in [-0.2, -0.15) is 9.97 Å². The highest BCUT2D eigenvalue weighted by molar-refractivity contribution is 5.85. The fraction of sp³-hybridized carbons (Fsp3) is 0.486. The van der Waals surface area contributed by atoms with E-state index in [1.54, 1.807) is 6.33 Å². The van der Waals surface area contributed by atoms with Gasteiger partial charge in [-0.3, -0.25) is 14.3 Å². The lowest BCUT2D eigenvalue weighted by Gasteiger charge is -2.26. The zero-order chi connectivity index (χ0) is 33.1. The van der Waals surface area contributed by atoms with Crippen molar-refractivity contribution in [3.8, 4) is 0 Å². The summed E-state index contributed by atoms with van der Waals surface area (Å²) in [5, 5.41) is 9.93. The number of morpholine rings is 1. The van der Waals surface area contributed by atoms with Crippen molar-refractivity contribution in [1.82, 2.24) is 29.7 Å². The van der Waals surface area contributed by atoms with Crippen LogP contribution in [-0.4, -0.2) is 107 Å². The predicted molar refractivity (Wildman–Crippen MR) is 181 cm³/mol. The molecule has 3 aliphatic heterocycles. The van der Waals surface area contributed by atoms with E-state index in [2.05, 4.69) is 69.4 Å². The zero-order valence-electron chi connectivity index (χ0n) is 27.7. The molecule has 13 heteroatoms. The quantitative estimate of drug-likeness (QED) is 0.207. The summed E-state index contributed by atoms with van der Waals surface area (Å²) in [5.41, 5.74) is 3.54. The van der Waals surface area contributed by atoms with Crippen LogP contribution in [0.4, 0.5) is 11.8 Å². The molecule has 48 heavy (non-hydrogen) atoms. The minimum Gasteiger partial charge on any atom is -0.379 e. The Morgan fingerprint density at radius 2 is 1.65 bits per heavy atom. The lowest BCUT2D eigenvalue weighted by Crippen LogP contribution is -2.42. The molecule has 2 aromatic heterocycles. The summed E-state index contributed by atoms with van der Waals surface area (Å²) in [6.45, 7) is 11.4. The first-order chi connectivity index (χ1) is 23.4. The van der Waals surface area contributed by atoms with Crippen molar-refractivity contribution < 1.29 is 23.7 Å². The summed E-state index contributed by atoms with van der Waals surface area (Å²) in [6, 6.07) is 20.9. The van der Waals surface area contributed by atoms with Crippen molar-refractivity contribution in [2.24, 2.45) is 0 Å². The summed E-state index contributed by atoms with van der Waals surface area (Å²) in [7, 11) is 0. The second-order valence-corrected chi connectivity index (χ2v) is 12.8. The molecule has 4 aromatic rings. The average Bonchev–Trinajstić information content (AvgIpc) is 3.77. The molecule has 3 aliphatic rings. The molecule has 0 unspecified atom stereocenters. The third kappa shape index (κ3) is 6.87. The van der Waals surface area contributed by atoms with Gasteiger partial charge >= 0.3 is 0 Å². The van der Waals surface area contributed by atoms with Gasteiger partial charge in [-0.25, -0.2) is 4.98 Å². The van der Waals surface area contributed by atoms with Crippen molar-refractivity contribution in [1.29, 1.82) is 0 Å². The first kappa shape index (κ1) is 32.4. The Morgan fingerprint density at radius 1 is 0.958 bits per heavy atom. The number of amides is 1. The van der Waals surface area contributed by atoms with E-state index in [1.807, 2.05) is 37.5 Å². The second kappa shape index (κ2) is 14.1. The van der Waals surface area contributed by atoms with Crippen LogP contribution in [0.5, 0.6) is 0 Å². The molecular weight excluding hydrogens is 612 g/mol. The monoisotopic (exact) mass is 656 g/mol. The maximum absolute atomic E-state index is 13.1. The molecule has 0 saturated carbocycles. The van der Waals surface area contributed by atoms with Gasteiger partial charge in [0.2, 0.25) is 5.95 Å². The number of nitrogens with zero attached hydrogens (tertiary/aromatic N) is 5. The van der Waals surface area contributed by atoms with E-state index in [1.165, 1.54) is 11.1 Å². The van der Waals surface area contributed by atoms with Crippen LogP contribution in [0.15, 0.2) is 67.0 Å². The third-order valence-electron chi connectivity index (χ3n) is 9.03. The number of carbonyl (C=O) groups is 1. The van der Waals surface area contributed by atoms with E-state index < -0.39 is 30.3 Å². The van der Waals surface area contributed by atoms with Crippen LogP contribution >= 0.6 is 0 Å². The number of nitrogens with one attached hydrogen (secondary N) is 3. The number of ether oxygens (including phenoxy) is 4. The predicted octanol–water partition coefficient (Wildman–Crippen LogP) is 3.37. The van der Waals surface area contributed by atoms with Crippen LogP contribution < -0.4 is 16.0 Å². The first-order valence-electron chi connectivity index (χ1n) is 16.8. The summed E-state index contributed by atoms with van der Waals surface area (Å²) < 4.78 is 26.2. The Morgan fingerprint density at radius 3 is 2.33 bits per heavy atom. The van der Waals surface area contributed by atoms with Gasteiger partial charge in [0.25, 0.3) is 5.91 Å². The molecule has 0 spiro atoms. The maximum atomic E-state index is 13.1. The maximum Gasteiger partial charge on any atom is 0.252 e. The Balaban J connectivity index is 1.21. The topological polar surface area (TPSA) is 137 Å². The smallest absolute Gasteiger partial charge is 0.252 e. The SMILES string of the molecule is CCNC(=O)[C@H]1O[C@@H](n2cnc3c(NCC(c4ccccc4)c4ccccc4)nc(NCCN4CCOCC4)nc32)[C@@H]2OC(C)(C)O[C@@H]21. The summed E-state index contributed by atoms with van der Waals surface area (Å²) in [5.74, 6) is 0.0188. The molecule has 7 rings (SSSR count). The molecule has 3 saturated heterocycles. The second-order valence-electron chi connectivity index (χ2n) is 12.8. The minimum absolute atomic E-state index is 0.0697. The first-order valence-corrected chi connectivity index (χ1v) is 16.8. The molecule has 4 atom stereocenters. The number of carbonyl (C=O) groups excluding carboxylic acids is 1. The number of imidazole rings is 1. The van der Waals surface area contributed by atoms with Gasteiger partial charge < -0.3 is 34.9 Å². The Kier molecular flexibility index (Phi) is 9.55. The molecular formula is C35H44N8O5. The average molecular weight is 657 g/mol. The van der Waals surface area contributed by atoms with Crippen molar-refractivity contribution in [3.63, 3.8) is 0 Å². The van der Waals surface area contributed by atoms with E-state index in [0.717, 1.165) is 32.8 Å². The molecule has 0 bridgehead atoms. The fourth-order valence-electron chi connectivity index (χ4n) is 6.74. The van der Waals surface area contributed by atoms with Crippen molar-refractivity contribution in [3.05, 3.63) is 78.1 Å². The third-order valence-corrected chi connectivity index (χ3v) is 9.03. The van der Waals surface area contributed by atoms with Gasteiger partial charge in [0.05, 0.1) is 19.5 Å². The number of rotatable bonds is 12. The van der Waals surface area contributed by atoms with Gasteiger partial charge in [0.15, 0.2) is 35.1 Å². The van der Waals surface area contributed by atoms with Crippen LogP contribution in [0.25, 0.3) is 11.2 Å². The fourth-order valence-corrected chi connectivity index (χ4v) is 6.74. The van der Waals surface area contributed by atoms with Crippen LogP contribution in [0, 0.1) is 0 Å². The van der Waals surface area contributed by atoms with Crippen molar-refractivity contribution >= 4 is 28.8 Å². The van der Waals surface area contributed by atoms with Crippen LogP contribution in [0.3, 0.4) is 0 Å². The molecule has 0 radical (unpaired) electrons. The van der Waals surface area contributed by atoms with Crippen LogP contribution in [0.1, 0.15) is 44.0 Å². The number of hydrogen-bond donors (Lipinski definition) is 3. The highest BCUT2D eigenvalue weighted by Crippen LogP contribution is 2.44. The van der Waals surface area contributed by atoms with Gasteiger partial charge in [-0.15, -0.1) is 0 Å².